The Morgan fingerprint density at radius 1 is 1.35 bits per heavy atom. The monoisotopic (exact) mass is 249 g/mol. The quantitative estimate of drug-likeness (QED) is 0.885. The fraction of sp³-hybridized carbons (Fsp3) is 0.600. The van der Waals surface area contributed by atoms with E-state index in [0.717, 1.165) is 12.3 Å². The summed E-state index contributed by atoms with van der Waals surface area (Å²) in [5, 5.41) is 9.56. The Kier molecular flexibility index (Phi) is 3.61. The Morgan fingerprint density at radius 2 is 1.94 bits per heavy atom. The van der Waals surface area contributed by atoms with E-state index in [-0.39, 0.29) is 12.5 Å². The van der Waals surface area contributed by atoms with E-state index in [9.17, 15) is 18.3 Å². The number of nitrogens with zero attached hydrogens (tertiary/aromatic N) is 3. The number of aromatic nitrogens is 2. The smallest absolute Gasteiger partial charge is 0.389 e. The van der Waals surface area contributed by atoms with E-state index in [1.807, 2.05) is 0 Å². The van der Waals surface area contributed by atoms with Crippen LogP contribution in [0.3, 0.4) is 0 Å². The average molecular weight is 249 g/mol. The molecule has 0 aliphatic rings. The van der Waals surface area contributed by atoms with Crippen molar-refractivity contribution in [2.45, 2.75) is 25.6 Å². The third kappa shape index (κ3) is 4.18. The van der Waals surface area contributed by atoms with Crippen LogP contribution in [-0.4, -0.2) is 34.3 Å². The number of rotatable bonds is 3. The maximum Gasteiger partial charge on any atom is 0.433 e. The number of alkyl halides is 3. The zero-order valence-corrected chi connectivity index (χ0v) is 9.78. The summed E-state index contributed by atoms with van der Waals surface area (Å²) in [6.07, 6.45) is -3.45. The predicted molar refractivity (Wildman–Crippen MR) is 56.6 cm³/mol. The molecular weight excluding hydrogens is 235 g/mol. The molecule has 7 heteroatoms. The van der Waals surface area contributed by atoms with Crippen molar-refractivity contribution in [1.29, 1.82) is 0 Å². The molecule has 4 nitrogen and oxygen atoms in total. The van der Waals surface area contributed by atoms with Gasteiger partial charge in [0.05, 0.1) is 5.60 Å². The highest BCUT2D eigenvalue weighted by molar-refractivity contribution is 5.30. The van der Waals surface area contributed by atoms with Gasteiger partial charge in [0.2, 0.25) is 5.95 Å². The van der Waals surface area contributed by atoms with Gasteiger partial charge in [-0.1, -0.05) is 0 Å². The molecular formula is C10H14F3N3O. The average Bonchev–Trinajstić information content (AvgIpc) is 2.14. The molecule has 0 spiro atoms. The van der Waals surface area contributed by atoms with Gasteiger partial charge in [0.25, 0.3) is 0 Å². The number of hydrogen-bond donors (Lipinski definition) is 1. The van der Waals surface area contributed by atoms with Gasteiger partial charge in [-0.15, -0.1) is 0 Å². The van der Waals surface area contributed by atoms with E-state index >= 15 is 0 Å². The van der Waals surface area contributed by atoms with Crippen LogP contribution >= 0.6 is 0 Å². The highest BCUT2D eigenvalue weighted by atomic mass is 19.4. The number of likely N-dealkylation sites (N-methyl/N-ethyl adjacent to an activating group) is 1. The van der Waals surface area contributed by atoms with Crippen LogP contribution in [0.4, 0.5) is 19.1 Å². The summed E-state index contributed by atoms with van der Waals surface area (Å²) in [4.78, 5) is 8.52. The Bertz CT molecular complexity index is 387. The highest BCUT2D eigenvalue weighted by Gasteiger charge is 2.33. The van der Waals surface area contributed by atoms with E-state index in [1.165, 1.54) is 11.9 Å². The molecule has 1 aromatic heterocycles. The van der Waals surface area contributed by atoms with Crippen LogP contribution in [0.15, 0.2) is 12.3 Å². The molecule has 0 aromatic carbocycles. The molecule has 0 atom stereocenters. The van der Waals surface area contributed by atoms with Gasteiger partial charge < -0.3 is 10.0 Å². The fourth-order valence-electron chi connectivity index (χ4n) is 1.34. The van der Waals surface area contributed by atoms with Gasteiger partial charge >= 0.3 is 6.18 Å². The first-order chi connectivity index (χ1) is 7.59. The lowest BCUT2D eigenvalue weighted by molar-refractivity contribution is -0.141. The Labute approximate surface area is 97.1 Å². The van der Waals surface area contributed by atoms with Crippen molar-refractivity contribution in [3.8, 4) is 0 Å². The molecule has 1 rings (SSSR count). The third-order valence-electron chi connectivity index (χ3n) is 1.90. The van der Waals surface area contributed by atoms with Crippen molar-refractivity contribution in [2.24, 2.45) is 0 Å². The molecule has 1 N–H and O–H groups in total. The second-order valence-electron chi connectivity index (χ2n) is 4.41. The number of anilines is 1. The second-order valence-corrected chi connectivity index (χ2v) is 4.41. The molecule has 0 aliphatic carbocycles. The van der Waals surface area contributed by atoms with Crippen molar-refractivity contribution in [3.05, 3.63) is 18.0 Å². The lowest BCUT2D eigenvalue weighted by Gasteiger charge is -2.25. The summed E-state index contributed by atoms with van der Waals surface area (Å²) in [5.74, 6) is -0.0676. The van der Waals surface area contributed by atoms with Gasteiger partial charge in [-0.05, 0) is 19.9 Å². The van der Waals surface area contributed by atoms with Crippen LogP contribution in [0, 0.1) is 0 Å². The van der Waals surface area contributed by atoms with Crippen molar-refractivity contribution < 1.29 is 18.3 Å². The van der Waals surface area contributed by atoms with Gasteiger partial charge in [0.1, 0.15) is 5.69 Å². The summed E-state index contributed by atoms with van der Waals surface area (Å²) < 4.78 is 37.2. The molecule has 1 heterocycles. The van der Waals surface area contributed by atoms with Crippen LogP contribution in [0.5, 0.6) is 0 Å². The van der Waals surface area contributed by atoms with Crippen LogP contribution < -0.4 is 4.90 Å². The second kappa shape index (κ2) is 4.48. The molecule has 96 valence electrons. The first-order valence-corrected chi connectivity index (χ1v) is 4.93. The summed E-state index contributed by atoms with van der Waals surface area (Å²) in [6.45, 7) is 3.24. The van der Waals surface area contributed by atoms with E-state index in [2.05, 4.69) is 9.97 Å². The van der Waals surface area contributed by atoms with E-state index in [0.29, 0.717) is 0 Å². The number of aliphatic hydroxyl groups is 1. The van der Waals surface area contributed by atoms with Crippen LogP contribution in [0.2, 0.25) is 0 Å². The van der Waals surface area contributed by atoms with E-state index in [4.69, 9.17) is 0 Å². The lowest BCUT2D eigenvalue weighted by Crippen LogP contribution is -2.37. The maximum absolute atomic E-state index is 12.4. The van der Waals surface area contributed by atoms with Gasteiger partial charge in [-0.25, -0.2) is 9.97 Å². The van der Waals surface area contributed by atoms with Crippen molar-refractivity contribution in [2.75, 3.05) is 18.5 Å². The number of hydrogen-bond acceptors (Lipinski definition) is 4. The molecule has 1 aromatic rings. The summed E-state index contributed by atoms with van der Waals surface area (Å²) in [5.41, 5.74) is -2.03. The summed E-state index contributed by atoms with van der Waals surface area (Å²) in [7, 11) is 1.52. The molecule has 0 saturated heterocycles. The first kappa shape index (κ1) is 13.7. The fourth-order valence-corrected chi connectivity index (χ4v) is 1.34. The summed E-state index contributed by atoms with van der Waals surface area (Å²) in [6, 6.07) is 0.807. The van der Waals surface area contributed by atoms with Crippen LogP contribution in [-0.2, 0) is 6.18 Å². The lowest BCUT2D eigenvalue weighted by atomic mass is 10.1. The minimum absolute atomic E-state index is 0.0676. The molecule has 0 radical (unpaired) electrons. The minimum atomic E-state index is -4.49. The molecule has 0 saturated carbocycles. The Balaban J connectivity index is 2.92. The van der Waals surface area contributed by atoms with Crippen LogP contribution in [0.25, 0.3) is 0 Å². The topological polar surface area (TPSA) is 49.2 Å². The molecule has 0 unspecified atom stereocenters. The molecule has 17 heavy (non-hydrogen) atoms. The van der Waals surface area contributed by atoms with Gasteiger partial charge in [0.15, 0.2) is 0 Å². The van der Waals surface area contributed by atoms with E-state index < -0.39 is 17.5 Å². The molecule has 0 bridgehead atoms. The standard InChI is InChI=1S/C10H14F3N3O/c1-9(2,17)6-16(3)8-14-5-4-7(15-8)10(11,12)13/h4-5,17H,6H2,1-3H3. The van der Waals surface area contributed by atoms with Crippen LogP contribution in [0.1, 0.15) is 19.5 Å². The van der Waals surface area contributed by atoms with Crippen molar-refractivity contribution in [3.63, 3.8) is 0 Å². The molecule has 0 amide bonds. The molecule has 0 fully saturated rings. The Hall–Kier alpha value is -1.37. The van der Waals surface area contributed by atoms with Crippen molar-refractivity contribution in [1.82, 2.24) is 9.97 Å². The Morgan fingerprint density at radius 3 is 2.41 bits per heavy atom. The summed E-state index contributed by atoms with van der Waals surface area (Å²) >= 11 is 0. The van der Waals surface area contributed by atoms with Crippen molar-refractivity contribution >= 4 is 5.95 Å². The highest BCUT2D eigenvalue weighted by Crippen LogP contribution is 2.28. The molecule has 0 aliphatic heterocycles. The normalized spacial score (nSPS) is 12.6. The zero-order chi connectivity index (χ0) is 13.3. The maximum atomic E-state index is 12.4. The first-order valence-electron chi connectivity index (χ1n) is 4.93. The van der Waals surface area contributed by atoms with E-state index in [1.54, 1.807) is 13.8 Å². The minimum Gasteiger partial charge on any atom is -0.389 e. The SMILES string of the molecule is CN(CC(C)(C)O)c1nccc(C(F)(F)F)n1. The van der Waals surface area contributed by atoms with Gasteiger partial charge in [-0.2, -0.15) is 13.2 Å². The predicted octanol–water partition coefficient (Wildman–Crippen LogP) is 1.70. The van der Waals surface area contributed by atoms with Gasteiger partial charge in [-0.3, -0.25) is 0 Å². The third-order valence-corrected chi connectivity index (χ3v) is 1.90. The largest absolute Gasteiger partial charge is 0.433 e. The number of halogens is 3. The van der Waals surface area contributed by atoms with Gasteiger partial charge in [0, 0.05) is 19.8 Å². The zero-order valence-electron chi connectivity index (χ0n) is 9.78.